The number of likely N-dealkylation sites (N-methyl/N-ethyl adjacent to an activating group) is 1. The third kappa shape index (κ3) is 3.50. The molecule has 0 unspecified atom stereocenters. The molecule has 0 spiro atoms. The van der Waals surface area contributed by atoms with E-state index in [1.165, 1.54) is 0 Å². The molecule has 1 aliphatic heterocycles. The zero-order chi connectivity index (χ0) is 14.7. The van der Waals surface area contributed by atoms with Crippen molar-refractivity contribution in [3.8, 4) is 5.69 Å². The Kier molecular flexibility index (Phi) is 4.34. The number of imidazole rings is 1. The highest BCUT2D eigenvalue weighted by Crippen LogP contribution is 2.13. The Morgan fingerprint density at radius 2 is 2.19 bits per heavy atom. The van der Waals surface area contributed by atoms with Gasteiger partial charge >= 0.3 is 0 Å². The Balaban J connectivity index is 1.64. The zero-order valence-electron chi connectivity index (χ0n) is 12.3. The lowest BCUT2D eigenvalue weighted by atomic mass is 10.2. The van der Waals surface area contributed by atoms with Crippen LogP contribution in [0.3, 0.4) is 0 Å². The molecule has 1 aliphatic rings. The minimum Gasteiger partial charge on any atom is -0.392 e. The number of aliphatic hydroxyl groups excluding tert-OH is 1. The molecule has 0 aliphatic carbocycles. The summed E-state index contributed by atoms with van der Waals surface area (Å²) in [6.07, 6.45) is 4.47. The quantitative estimate of drug-likeness (QED) is 0.862. The smallest absolute Gasteiger partial charge is 0.127 e. The molecule has 2 atom stereocenters. The van der Waals surface area contributed by atoms with Gasteiger partial charge in [0.05, 0.1) is 12.6 Å². The molecule has 2 aromatic rings. The third-order valence-corrected chi connectivity index (χ3v) is 3.89. The molecule has 0 saturated carbocycles. The minimum absolute atomic E-state index is 0.199. The fourth-order valence-corrected chi connectivity index (χ4v) is 2.89. The molecule has 5 heteroatoms. The molecular weight excluding hydrogens is 264 g/mol. The molecular formula is C16H22N4O. The molecule has 0 amide bonds. The van der Waals surface area contributed by atoms with Crippen LogP contribution in [0.25, 0.3) is 5.69 Å². The highest BCUT2D eigenvalue weighted by atomic mass is 16.3. The van der Waals surface area contributed by atoms with Crippen LogP contribution in [0, 0.1) is 0 Å². The Morgan fingerprint density at radius 3 is 2.90 bits per heavy atom. The van der Waals surface area contributed by atoms with Crippen molar-refractivity contribution in [2.45, 2.75) is 25.1 Å². The Bertz CT molecular complexity index is 569. The average molecular weight is 286 g/mol. The second-order valence-corrected chi connectivity index (χ2v) is 5.74. The summed E-state index contributed by atoms with van der Waals surface area (Å²) in [5.74, 6) is 1.03. The molecule has 1 saturated heterocycles. The first-order valence-electron chi connectivity index (χ1n) is 7.40. The van der Waals surface area contributed by atoms with Gasteiger partial charge in [-0.15, -0.1) is 0 Å². The van der Waals surface area contributed by atoms with Crippen LogP contribution in [0.15, 0.2) is 42.7 Å². The first kappa shape index (κ1) is 14.3. The Morgan fingerprint density at radius 1 is 1.38 bits per heavy atom. The van der Waals surface area contributed by atoms with Crippen LogP contribution in [0.1, 0.15) is 12.2 Å². The van der Waals surface area contributed by atoms with Gasteiger partial charge in [0.25, 0.3) is 0 Å². The van der Waals surface area contributed by atoms with Crippen LogP contribution in [0.5, 0.6) is 0 Å². The molecule has 112 valence electrons. The number of aromatic nitrogens is 2. The maximum absolute atomic E-state index is 9.56. The summed E-state index contributed by atoms with van der Waals surface area (Å²) in [5, 5.41) is 12.9. The third-order valence-electron chi connectivity index (χ3n) is 3.89. The second-order valence-electron chi connectivity index (χ2n) is 5.74. The van der Waals surface area contributed by atoms with Crippen LogP contribution in [-0.2, 0) is 6.54 Å². The summed E-state index contributed by atoms with van der Waals surface area (Å²) in [6.45, 7) is 2.41. The van der Waals surface area contributed by atoms with Crippen molar-refractivity contribution < 1.29 is 5.11 Å². The van der Waals surface area contributed by atoms with Crippen molar-refractivity contribution in [3.63, 3.8) is 0 Å². The molecule has 2 heterocycles. The topological polar surface area (TPSA) is 53.3 Å². The van der Waals surface area contributed by atoms with Gasteiger partial charge in [0.2, 0.25) is 0 Å². The summed E-state index contributed by atoms with van der Waals surface area (Å²) in [6, 6.07) is 10.6. The standard InChI is InChI=1S/C16H22N4O/c1-19(11-13-9-15(21)10-18-13)12-16-17-7-8-20(16)14-5-3-2-4-6-14/h2-8,13,15,18,21H,9-12H2,1H3/t13-,15+/m0/s1. The van der Waals surface area contributed by atoms with Crippen molar-refractivity contribution in [2.24, 2.45) is 0 Å². The Hall–Kier alpha value is -1.69. The molecule has 1 aromatic carbocycles. The first-order chi connectivity index (χ1) is 10.2. The molecule has 3 rings (SSSR count). The van der Waals surface area contributed by atoms with E-state index in [1.54, 1.807) is 0 Å². The molecule has 1 aromatic heterocycles. The van der Waals surface area contributed by atoms with Crippen LogP contribution < -0.4 is 5.32 Å². The number of nitrogens with one attached hydrogen (secondary N) is 1. The van der Waals surface area contributed by atoms with Gasteiger partial charge in [-0.05, 0) is 25.6 Å². The van der Waals surface area contributed by atoms with Gasteiger partial charge in [-0.1, -0.05) is 18.2 Å². The van der Waals surface area contributed by atoms with Crippen LogP contribution in [0.2, 0.25) is 0 Å². The highest BCUT2D eigenvalue weighted by Gasteiger charge is 2.23. The first-order valence-corrected chi connectivity index (χ1v) is 7.40. The predicted octanol–water partition coefficient (Wildman–Crippen LogP) is 1.03. The fourth-order valence-electron chi connectivity index (χ4n) is 2.89. The van der Waals surface area contributed by atoms with Crippen LogP contribution >= 0.6 is 0 Å². The van der Waals surface area contributed by atoms with Crippen LogP contribution in [-0.4, -0.2) is 51.8 Å². The van der Waals surface area contributed by atoms with Gasteiger partial charge in [-0.2, -0.15) is 0 Å². The van der Waals surface area contributed by atoms with Crippen molar-refractivity contribution in [2.75, 3.05) is 20.1 Å². The van der Waals surface area contributed by atoms with Crippen molar-refractivity contribution in [3.05, 3.63) is 48.5 Å². The van der Waals surface area contributed by atoms with Crippen molar-refractivity contribution in [1.82, 2.24) is 19.8 Å². The molecule has 2 N–H and O–H groups in total. The lowest BCUT2D eigenvalue weighted by Gasteiger charge is -2.21. The summed E-state index contributed by atoms with van der Waals surface area (Å²) >= 11 is 0. The van der Waals surface area contributed by atoms with E-state index < -0.39 is 0 Å². The van der Waals surface area contributed by atoms with E-state index in [0.29, 0.717) is 12.6 Å². The number of para-hydroxylation sites is 1. The van der Waals surface area contributed by atoms with E-state index in [-0.39, 0.29) is 6.10 Å². The lowest BCUT2D eigenvalue weighted by molar-refractivity contribution is 0.189. The molecule has 0 radical (unpaired) electrons. The molecule has 0 bridgehead atoms. The number of hydrogen-bond donors (Lipinski definition) is 2. The van der Waals surface area contributed by atoms with E-state index >= 15 is 0 Å². The largest absolute Gasteiger partial charge is 0.392 e. The molecule has 21 heavy (non-hydrogen) atoms. The van der Waals surface area contributed by atoms with E-state index in [1.807, 2.05) is 30.6 Å². The second kappa shape index (κ2) is 6.39. The highest BCUT2D eigenvalue weighted by molar-refractivity contribution is 5.32. The zero-order valence-corrected chi connectivity index (χ0v) is 12.3. The van der Waals surface area contributed by atoms with E-state index in [0.717, 1.165) is 31.0 Å². The monoisotopic (exact) mass is 286 g/mol. The summed E-state index contributed by atoms with van der Waals surface area (Å²) < 4.78 is 2.12. The summed E-state index contributed by atoms with van der Waals surface area (Å²) in [5.41, 5.74) is 1.13. The van der Waals surface area contributed by atoms with Gasteiger partial charge in [-0.3, -0.25) is 4.90 Å². The lowest BCUT2D eigenvalue weighted by Crippen LogP contribution is -2.35. The Labute approximate surface area is 125 Å². The van der Waals surface area contributed by atoms with Crippen molar-refractivity contribution in [1.29, 1.82) is 0 Å². The predicted molar refractivity (Wildman–Crippen MR) is 82.3 cm³/mol. The normalized spacial score (nSPS) is 22.0. The fraction of sp³-hybridized carbons (Fsp3) is 0.438. The number of hydrogen-bond acceptors (Lipinski definition) is 4. The van der Waals surface area contributed by atoms with E-state index in [2.05, 4.69) is 38.9 Å². The maximum Gasteiger partial charge on any atom is 0.127 e. The van der Waals surface area contributed by atoms with Crippen LogP contribution in [0.4, 0.5) is 0 Å². The van der Waals surface area contributed by atoms with Gasteiger partial charge < -0.3 is 15.0 Å². The van der Waals surface area contributed by atoms with E-state index in [4.69, 9.17) is 0 Å². The molecule has 1 fully saturated rings. The van der Waals surface area contributed by atoms with Gasteiger partial charge in [0, 0.05) is 37.2 Å². The van der Waals surface area contributed by atoms with Crippen molar-refractivity contribution >= 4 is 0 Å². The number of rotatable bonds is 5. The summed E-state index contributed by atoms with van der Waals surface area (Å²) in [4.78, 5) is 6.72. The number of nitrogens with zero attached hydrogens (tertiary/aromatic N) is 3. The van der Waals surface area contributed by atoms with Gasteiger partial charge in [0.1, 0.15) is 5.82 Å². The maximum atomic E-state index is 9.56. The van der Waals surface area contributed by atoms with Gasteiger partial charge in [-0.25, -0.2) is 4.98 Å². The van der Waals surface area contributed by atoms with E-state index in [9.17, 15) is 5.11 Å². The minimum atomic E-state index is -0.199. The average Bonchev–Trinajstić information content (AvgIpc) is 3.09. The number of β-amino-alcohol motifs (C(OH)–C–C–N with tert-alkyl or cyclic N) is 1. The number of aliphatic hydroxyl groups is 1. The molecule has 5 nitrogen and oxygen atoms in total. The number of benzene rings is 1. The van der Waals surface area contributed by atoms with Gasteiger partial charge in [0.15, 0.2) is 0 Å². The SMILES string of the molecule is CN(Cc1nccn1-c1ccccc1)C[C@@H]1C[C@@H](O)CN1. The summed E-state index contributed by atoms with van der Waals surface area (Å²) in [7, 11) is 2.09.